The van der Waals surface area contributed by atoms with Gasteiger partial charge in [-0.2, -0.15) is 0 Å². The summed E-state index contributed by atoms with van der Waals surface area (Å²) < 4.78 is 78.0. The Kier molecular flexibility index (Phi) is 14.6. The normalized spacial score (nSPS) is 14.4. The molecule has 16 rings (SSSR count). The first-order chi connectivity index (χ1) is 53.7. The fraction of sp³-hybridized carbons (Fsp3) is 0.238. The molecule has 0 aliphatic carbocycles. The number of pyridine rings is 1. The van der Waals surface area contributed by atoms with Gasteiger partial charge in [0.2, 0.25) is 0 Å². The Balaban J connectivity index is 1.16. The number of fused-ring (bicyclic) bond motifs is 7. The van der Waals surface area contributed by atoms with Crippen LogP contribution in [0.15, 0.2) is 273 Å². The lowest BCUT2D eigenvalue weighted by Crippen LogP contribution is -2.61. The van der Waals surface area contributed by atoms with Gasteiger partial charge >= 0.3 is 0 Å². The van der Waals surface area contributed by atoms with Gasteiger partial charge in [0.15, 0.2) is 0 Å². The summed E-state index contributed by atoms with van der Waals surface area (Å²) in [4.78, 5) is 10.8. The Bertz CT molecular complexity index is 6110. The number of nitrogens with zero attached hydrogens (tertiary/aromatic N) is 4. The molecule has 5 heteroatoms. The van der Waals surface area contributed by atoms with Crippen LogP contribution in [0.25, 0.3) is 94.4 Å². The van der Waals surface area contributed by atoms with Gasteiger partial charge < -0.3 is 14.4 Å². The summed E-state index contributed by atoms with van der Waals surface area (Å²) in [6.45, 7) is 40.4. The zero-order valence-corrected chi connectivity index (χ0v) is 64.7. The van der Waals surface area contributed by atoms with Crippen LogP contribution in [-0.2, 0) is 32.5 Å². The largest absolute Gasteiger partial charge is 0.310 e. The van der Waals surface area contributed by atoms with Crippen LogP contribution < -0.4 is 26.2 Å². The van der Waals surface area contributed by atoms with Crippen LogP contribution in [0.4, 0.5) is 34.1 Å². The number of rotatable bonds is 9. The lowest BCUT2D eigenvalue weighted by molar-refractivity contribution is 0.569. The molecule has 14 aromatic rings. The van der Waals surface area contributed by atoms with Crippen molar-refractivity contribution in [3.05, 3.63) is 306 Å². The third-order valence-corrected chi connectivity index (χ3v) is 21.9. The van der Waals surface area contributed by atoms with Crippen LogP contribution in [0, 0.1) is 0 Å². The summed E-state index contributed by atoms with van der Waals surface area (Å²) in [5.41, 5.74) is 26.0. The Morgan fingerprint density at radius 1 is 0.302 bits per heavy atom. The van der Waals surface area contributed by atoms with E-state index < -0.39 is 43.0 Å². The van der Waals surface area contributed by atoms with E-state index in [0.29, 0.717) is 5.69 Å². The quantitative estimate of drug-likeness (QED) is 0.135. The molecule has 0 N–H and O–H groups in total. The lowest BCUT2D eigenvalue weighted by atomic mass is 9.33. The molecule has 4 heterocycles. The predicted octanol–water partition coefficient (Wildman–Crippen LogP) is 26.0. The van der Waals surface area contributed by atoms with Gasteiger partial charge in [0, 0.05) is 72.6 Å². The Labute approximate surface area is 641 Å². The molecule has 0 atom stereocenters. The number of hydrogen-bond acceptors (Lipinski definition) is 3. The minimum Gasteiger partial charge on any atom is -0.310 e. The first-order valence-electron chi connectivity index (χ1n) is 41.5. The van der Waals surface area contributed by atoms with Crippen LogP contribution in [-0.4, -0.2) is 16.3 Å². The van der Waals surface area contributed by atoms with Gasteiger partial charge in [-0.3, -0.25) is 4.98 Å². The van der Waals surface area contributed by atoms with E-state index >= 15 is 0 Å². The maximum absolute atomic E-state index is 9.95. The van der Waals surface area contributed by atoms with Crippen LogP contribution in [0.1, 0.15) is 169 Å². The maximum atomic E-state index is 9.95. The predicted molar refractivity (Wildman–Crippen MR) is 457 cm³/mol. The second-order valence-corrected chi connectivity index (χ2v) is 35.6. The molecule has 0 saturated heterocycles. The second-order valence-electron chi connectivity index (χ2n) is 35.6. The Hall–Kier alpha value is -10.7. The summed E-state index contributed by atoms with van der Waals surface area (Å²) in [5.74, 6) is 0. The van der Waals surface area contributed by atoms with E-state index in [1.807, 2.05) is 6.07 Å². The van der Waals surface area contributed by atoms with Gasteiger partial charge in [-0.15, -0.1) is 0 Å². The molecule has 2 aliphatic heterocycles. The summed E-state index contributed by atoms with van der Waals surface area (Å²) >= 11 is 0. The topological polar surface area (TPSA) is 24.3 Å². The average molecular weight is 1390 g/mol. The highest BCUT2D eigenvalue weighted by Gasteiger charge is 2.47. The minimum absolute atomic E-state index is 0.00551. The van der Waals surface area contributed by atoms with Gasteiger partial charge in [0.1, 0.15) is 0 Å². The molecule has 0 radical (unpaired) electrons. The number of hydrogen-bond donors (Lipinski definition) is 0. The van der Waals surface area contributed by atoms with Crippen molar-refractivity contribution in [2.75, 3.05) is 9.80 Å². The number of para-hydroxylation sites is 2. The molecule has 0 saturated carbocycles. The highest BCUT2D eigenvalue weighted by atomic mass is 15.2. The van der Waals surface area contributed by atoms with Crippen molar-refractivity contribution in [2.45, 2.75) is 157 Å². The van der Waals surface area contributed by atoms with Crippen molar-refractivity contribution >= 4 is 79.0 Å². The van der Waals surface area contributed by atoms with Crippen LogP contribution in [0.5, 0.6) is 0 Å². The Morgan fingerprint density at radius 3 is 1.17 bits per heavy atom. The molecule has 0 bridgehead atoms. The van der Waals surface area contributed by atoms with E-state index in [2.05, 4.69) is 353 Å². The zero-order valence-electron chi connectivity index (χ0n) is 72.7. The fourth-order valence-electron chi connectivity index (χ4n) is 15.8. The molecule has 0 fully saturated rings. The fourth-order valence-corrected chi connectivity index (χ4v) is 15.8. The van der Waals surface area contributed by atoms with E-state index in [9.17, 15) is 8.22 Å². The van der Waals surface area contributed by atoms with E-state index in [-0.39, 0.29) is 66.4 Å². The van der Waals surface area contributed by atoms with Crippen LogP contribution >= 0.6 is 0 Å². The van der Waals surface area contributed by atoms with Gasteiger partial charge in [-0.25, -0.2) is 0 Å². The van der Waals surface area contributed by atoms with Crippen molar-refractivity contribution < 1.29 is 11.0 Å². The van der Waals surface area contributed by atoms with Crippen LogP contribution in [0.2, 0.25) is 0 Å². The molecule has 106 heavy (non-hydrogen) atoms. The van der Waals surface area contributed by atoms with E-state index in [1.54, 1.807) is 4.57 Å². The summed E-state index contributed by atoms with van der Waals surface area (Å²) in [6.07, 6.45) is 0. The van der Waals surface area contributed by atoms with Crippen molar-refractivity contribution in [3.8, 4) is 72.6 Å². The van der Waals surface area contributed by atoms with Gasteiger partial charge in [0.25, 0.3) is 6.71 Å². The van der Waals surface area contributed by atoms with E-state index in [1.165, 1.54) is 22.3 Å². The highest BCUT2D eigenvalue weighted by molar-refractivity contribution is 7.00. The van der Waals surface area contributed by atoms with Crippen molar-refractivity contribution in [1.29, 1.82) is 0 Å². The molecular weight excluding hydrogens is 1280 g/mol. The number of benzene rings is 12. The summed E-state index contributed by atoms with van der Waals surface area (Å²) in [5, 5.41) is 0.0110. The minimum atomic E-state index is -0.529. The van der Waals surface area contributed by atoms with Gasteiger partial charge in [-0.05, 0) is 189 Å². The molecule has 2 aliphatic rings. The van der Waals surface area contributed by atoms with Crippen molar-refractivity contribution in [2.24, 2.45) is 0 Å². The van der Waals surface area contributed by atoms with Crippen LogP contribution in [0.3, 0.4) is 0 Å². The molecule has 0 spiro atoms. The van der Waals surface area contributed by atoms with Gasteiger partial charge in [0.05, 0.1) is 39.1 Å². The highest BCUT2D eigenvalue weighted by Crippen LogP contribution is 2.56. The molecule has 0 amide bonds. The lowest BCUT2D eigenvalue weighted by Gasteiger charge is -2.46. The molecular formula is C101H99BN4. The molecule has 4 nitrogen and oxygen atoms in total. The van der Waals surface area contributed by atoms with E-state index in [4.69, 9.17) is 7.73 Å². The first kappa shape index (κ1) is 60.5. The monoisotopic (exact) mass is 1390 g/mol. The molecule has 0 unspecified atom stereocenters. The maximum Gasteiger partial charge on any atom is 0.252 e. The third-order valence-electron chi connectivity index (χ3n) is 21.9. The number of aromatic nitrogens is 2. The van der Waals surface area contributed by atoms with Crippen molar-refractivity contribution in [1.82, 2.24) is 9.55 Å². The standard InChI is InChI=1S/C101H99BN4/c1-96(2,3)71-41-32-40-67(52-71)70-56-90-93-91(57-70)106(95-81(66-38-26-21-27-39-66)61-75(100(13,14)15)62-82(95)85-44-33-47-92(103-85)101(16,17)18)89-63-76(104-86-45-30-28-42-77(86)78-43-29-31-46-87(78)104)49-51-84(89)102(93)83-50-48-68(69-53-72(97(4,5)6)58-73(54-69)98(7,8)9)55-88(83)105(90)94-79(64-34-22-19-23-35-64)59-74(99(10,11)12)60-80(94)65-36-24-20-25-37-65/h19-63H,1-18H3/i28D,29D,30D,31D,42D,43D,45D,46D. The van der Waals surface area contributed by atoms with Crippen molar-refractivity contribution in [3.63, 3.8) is 0 Å². The Morgan fingerprint density at radius 2 is 0.689 bits per heavy atom. The smallest absolute Gasteiger partial charge is 0.252 e. The SMILES string of the molecule is [2H]c1c([2H])c([2H])c2c(c1[2H])c1c([2H])c([2H])c([2H])c([2H])c1n2-c1ccc2c(c1)N(c1c(-c3ccccc3)cc(C(C)(C)C)cc1-c1cccc(C(C)(C)C)n1)c1cc(-c3cccc(C(C)(C)C)c3)cc3c1B2c1ccc(-c2cc(C(C)(C)C)cc(C(C)(C)C)c2)cc1N3c1c(-c2ccccc2)cc(C(C)(C)C)cc1-c1ccccc1. The summed E-state index contributed by atoms with van der Waals surface area (Å²) in [6, 6.07) is 79.3. The average Bonchev–Trinajstić information content (AvgIpc) is 0.988. The number of anilines is 6. The van der Waals surface area contributed by atoms with Gasteiger partial charge in [-0.1, -0.05) is 319 Å². The molecule has 12 aromatic carbocycles. The molecule has 2 aromatic heterocycles. The van der Waals surface area contributed by atoms with E-state index in [0.717, 1.165) is 129 Å². The third kappa shape index (κ3) is 12.4. The molecule has 526 valence electrons. The zero-order chi connectivity index (χ0) is 81.3. The first-order valence-corrected chi connectivity index (χ1v) is 37.5. The second kappa shape index (κ2) is 25.5. The summed E-state index contributed by atoms with van der Waals surface area (Å²) in [7, 11) is 0.